The summed E-state index contributed by atoms with van der Waals surface area (Å²) in [4.78, 5) is 18.9. The lowest BCUT2D eigenvalue weighted by Gasteiger charge is -2.30. The summed E-state index contributed by atoms with van der Waals surface area (Å²) < 4.78 is 10.6. The lowest BCUT2D eigenvalue weighted by Crippen LogP contribution is -2.40. The number of carbonyl (C=O) groups excluding carboxylic acids is 1. The molecule has 0 atom stereocenters. The molecule has 0 bridgehead atoms. The highest BCUT2D eigenvalue weighted by molar-refractivity contribution is 5.78. The number of benzene rings is 1. The SMILES string of the molecule is CCCCNC(=O)C1CCN(Cc2nc(-c3ccc(OC)cc3)no2)CC1. The Kier molecular flexibility index (Phi) is 6.81. The summed E-state index contributed by atoms with van der Waals surface area (Å²) in [5.41, 5.74) is 0.897. The first-order valence-electron chi connectivity index (χ1n) is 9.66. The molecule has 1 aliphatic heterocycles. The van der Waals surface area contributed by atoms with E-state index in [0.717, 1.165) is 56.6 Å². The van der Waals surface area contributed by atoms with E-state index in [0.29, 0.717) is 18.3 Å². The van der Waals surface area contributed by atoms with Crippen molar-refractivity contribution in [1.82, 2.24) is 20.4 Å². The largest absolute Gasteiger partial charge is 0.497 e. The average Bonchev–Trinajstić information content (AvgIpc) is 3.17. The molecule has 1 aliphatic rings. The number of hydrogen-bond donors (Lipinski definition) is 1. The summed E-state index contributed by atoms with van der Waals surface area (Å²) >= 11 is 0. The van der Waals surface area contributed by atoms with Gasteiger partial charge in [0.2, 0.25) is 17.6 Å². The van der Waals surface area contributed by atoms with Crippen LogP contribution in [0.1, 0.15) is 38.5 Å². The highest BCUT2D eigenvalue weighted by Gasteiger charge is 2.25. The predicted molar refractivity (Wildman–Crippen MR) is 102 cm³/mol. The van der Waals surface area contributed by atoms with Gasteiger partial charge in [0.25, 0.3) is 0 Å². The van der Waals surface area contributed by atoms with Crippen molar-refractivity contribution in [1.29, 1.82) is 0 Å². The number of aromatic nitrogens is 2. The number of carbonyl (C=O) groups is 1. The van der Waals surface area contributed by atoms with Crippen molar-refractivity contribution < 1.29 is 14.1 Å². The number of unbranched alkanes of at least 4 members (excludes halogenated alkanes) is 1. The molecule has 1 aromatic carbocycles. The van der Waals surface area contributed by atoms with E-state index in [4.69, 9.17) is 9.26 Å². The third-order valence-corrected chi connectivity index (χ3v) is 4.96. The molecule has 0 unspecified atom stereocenters. The fourth-order valence-corrected chi connectivity index (χ4v) is 3.25. The van der Waals surface area contributed by atoms with Gasteiger partial charge < -0.3 is 14.6 Å². The highest BCUT2D eigenvalue weighted by Crippen LogP contribution is 2.22. The topological polar surface area (TPSA) is 80.5 Å². The monoisotopic (exact) mass is 372 g/mol. The van der Waals surface area contributed by atoms with Gasteiger partial charge in [-0.2, -0.15) is 4.98 Å². The van der Waals surface area contributed by atoms with Crippen molar-refractivity contribution in [3.63, 3.8) is 0 Å². The Bertz CT molecular complexity index is 721. The molecule has 7 nitrogen and oxygen atoms in total. The number of hydrogen-bond acceptors (Lipinski definition) is 6. The quantitative estimate of drug-likeness (QED) is 0.718. The summed E-state index contributed by atoms with van der Waals surface area (Å²) in [6.07, 6.45) is 3.88. The molecule has 1 amide bonds. The summed E-state index contributed by atoms with van der Waals surface area (Å²) in [6.45, 7) is 5.26. The minimum atomic E-state index is 0.121. The molecular formula is C20H28N4O3. The van der Waals surface area contributed by atoms with Crippen LogP contribution in [0.25, 0.3) is 11.4 Å². The zero-order valence-electron chi connectivity index (χ0n) is 16.1. The van der Waals surface area contributed by atoms with Crippen molar-refractivity contribution in [2.45, 2.75) is 39.2 Å². The van der Waals surface area contributed by atoms with Crippen LogP contribution < -0.4 is 10.1 Å². The maximum Gasteiger partial charge on any atom is 0.241 e. The van der Waals surface area contributed by atoms with Gasteiger partial charge in [-0.1, -0.05) is 18.5 Å². The number of ether oxygens (including phenoxy) is 1. The first-order valence-corrected chi connectivity index (χ1v) is 9.66. The lowest BCUT2D eigenvalue weighted by atomic mass is 9.96. The van der Waals surface area contributed by atoms with E-state index in [2.05, 4.69) is 27.3 Å². The maximum atomic E-state index is 12.2. The second-order valence-corrected chi connectivity index (χ2v) is 6.94. The molecule has 7 heteroatoms. The molecule has 1 saturated heterocycles. The van der Waals surface area contributed by atoms with Crippen LogP contribution in [-0.2, 0) is 11.3 Å². The van der Waals surface area contributed by atoms with E-state index < -0.39 is 0 Å². The van der Waals surface area contributed by atoms with Crippen LogP contribution in [0.4, 0.5) is 0 Å². The van der Waals surface area contributed by atoms with Gasteiger partial charge in [-0.15, -0.1) is 0 Å². The minimum absolute atomic E-state index is 0.121. The Balaban J connectivity index is 1.48. The standard InChI is InChI=1S/C20H28N4O3/c1-3-4-11-21-20(25)16-9-12-24(13-10-16)14-18-22-19(23-27-18)15-5-7-17(26-2)8-6-15/h5-8,16H,3-4,9-14H2,1-2H3,(H,21,25). The van der Waals surface area contributed by atoms with Gasteiger partial charge in [-0.05, 0) is 56.6 Å². The number of likely N-dealkylation sites (tertiary alicyclic amines) is 1. The molecule has 1 fully saturated rings. The molecular weight excluding hydrogens is 344 g/mol. The van der Waals surface area contributed by atoms with Gasteiger partial charge in [0.15, 0.2) is 0 Å². The Morgan fingerprint density at radius 2 is 2.04 bits per heavy atom. The normalized spacial score (nSPS) is 15.6. The second kappa shape index (κ2) is 9.50. The third kappa shape index (κ3) is 5.29. The zero-order chi connectivity index (χ0) is 19.1. The van der Waals surface area contributed by atoms with Gasteiger partial charge in [0, 0.05) is 18.0 Å². The molecule has 0 saturated carbocycles. The number of rotatable bonds is 8. The maximum absolute atomic E-state index is 12.2. The fraction of sp³-hybridized carbons (Fsp3) is 0.550. The van der Waals surface area contributed by atoms with Crippen molar-refractivity contribution in [3.8, 4) is 17.1 Å². The molecule has 2 aromatic rings. The molecule has 2 heterocycles. The van der Waals surface area contributed by atoms with E-state index in [9.17, 15) is 4.79 Å². The second-order valence-electron chi connectivity index (χ2n) is 6.94. The van der Waals surface area contributed by atoms with Gasteiger partial charge in [-0.25, -0.2) is 0 Å². The molecule has 1 N–H and O–H groups in total. The average molecular weight is 372 g/mol. The molecule has 0 radical (unpaired) electrons. The number of piperidine rings is 1. The van der Waals surface area contributed by atoms with Gasteiger partial charge in [0.1, 0.15) is 5.75 Å². The highest BCUT2D eigenvalue weighted by atomic mass is 16.5. The molecule has 1 aromatic heterocycles. The fourth-order valence-electron chi connectivity index (χ4n) is 3.25. The van der Waals surface area contributed by atoms with E-state index >= 15 is 0 Å². The summed E-state index contributed by atoms with van der Waals surface area (Å²) in [6, 6.07) is 7.58. The number of methoxy groups -OCH3 is 1. The number of nitrogens with one attached hydrogen (secondary N) is 1. The van der Waals surface area contributed by atoms with E-state index in [-0.39, 0.29) is 11.8 Å². The van der Waals surface area contributed by atoms with E-state index in [1.165, 1.54) is 0 Å². The Labute approximate surface area is 160 Å². The van der Waals surface area contributed by atoms with Gasteiger partial charge in [-0.3, -0.25) is 9.69 Å². The molecule has 27 heavy (non-hydrogen) atoms. The summed E-state index contributed by atoms with van der Waals surface area (Å²) in [5, 5.41) is 7.11. The first kappa shape index (κ1) is 19.4. The third-order valence-electron chi connectivity index (χ3n) is 4.96. The summed E-state index contributed by atoms with van der Waals surface area (Å²) in [7, 11) is 1.64. The zero-order valence-corrected chi connectivity index (χ0v) is 16.1. The van der Waals surface area contributed by atoms with Crippen LogP contribution in [-0.4, -0.2) is 47.7 Å². The number of amides is 1. The predicted octanol–water partition coefficient (Wildman–Crippen LogP) is 2.87. The molecule has 3 rings (SSSR count). The molecule has 0 spiro atoms. The van der Waals surface area contributed by atoms with Crippen LogP contribution in [0, 0.1) is 5.92 Å². The van der Waals surface area contributed by atoms with Crippen LogP contribution in [0.2, 0.25) is 0 Å². The number of nitrogens with zero attached hydrogens (tertiary/aromatic N) is 3. The van der Waals surface area contributed by atoms with Crippen molar-refractivity contribution in [3.05, 3.63) is 30.2 Å². The first-order chi connectivity index (χ1) is 13.2. The van der Waals surface area contributed by atoms with Crippen LogP contribution in [0.5, 0.6) is 5.75 Å². The van der Waals surface area contributed by atoms with E-state index in [1.54, 1.807) is 7.11 Å². The lowest BCUT2D eigenvalue weighted by molar-refractivity contribution is -0.126. The van der Waals surface area contributed by atoms with E-state index in [1.807, 2.05) is 24.3 Å². The van der Waals surface area contributed by atoms with Gasteiger partial charge >= 0.3 is 0 Å². The Hall–Kier alpha value is -2.41. The van der Waals surface area contributed by atoms with Crippen molar-refractivity contribution in [2.24, 2.45) is 5.92 Å². The van der Waals surface area contributed by atoms with Gasteiger partial charge in [0.05, 0.1) is 13.7 Å². The van der Waals surface area contributed by atoms with Crippen LogP contribution in [0.3, 0.4) is 0 Å². The smallest absolute Gasteiger partial charge is 0.241 e. The van der Waals surface area contributed by atoms with Crippen molar-refractivity contribution >= 4 is 5.91 Å². The minimum Gasteiger partial charge on any atom is -0.497 e. The molecule has 0 aliphatic carbocycles. The molecule has 146 valence electrons. The van der Waals surface area contributed by atoms with Crippen LogP contribution in [0.15, 0.2) is 28.8 Å². The summed E-state index contributed by atoms with van der Waals surface area (Å²) in [5.74, 6) is 2.30. The Morgan fingerprint density at radius 1 is 1.30 bits per heavy atom. The van der Waals surface area contributed by atoms with Crippen molar-refractivity contribution in [2.75, 3.05) is 26.7 Å². The Morgan fingerprint density at radius 3 is 2.70 bits per heavy atom. The van der Waals surface area contributed by atoms with Crippen LogP contribution >= 0.6 is 0 Å².